The van der Waals surface area contributed by atoms with Crippen LogP contribution in [-0.4, -0.2) is 35.1 Å². The second-order valence-electron chi connectivity index (χ2n) is 5.63. The summed E-state index contributed by atoms with van der Waals surface area (Å²) in [6, 6.07) is 0.252. The van der Waals surface area contributed by atoms with Crippen LogP contribution in [0.25, 0.3) is 0 Å². The number of hydrogen-bond acceptors (Lipinski definition) is 2. The standard InChI is InChI=1S/C14H27NO2/c1-4-15(10-11(2)3)13-9-7-5-6-8-12(13)14(16)17/h11-13H,4-10H2,1-3H3,(H,16,17). The van der Waals surface area contributed by atoms with Gasteiger partial charge in [-0.2, -0.15) is 0 Å². The summed E-state index contributed by atoms with van der Waals surface area (Å²) < 4.78 is 0. The van der Waals surface area contributed by atoms with Gasteiger partial charge in [-0.1, -0.05) is 40.0 Å². The molecule has 0 bridgehead atoms. The predicted molar refractivity (Wildman–Crippen MR) is 70.1 cm³/mol. The molecule has 1 aliphatic rings. The highest BCUT2D eigenvalue weighted by atomic mass is 16.4. The van der Waals surface area contributed by atoms with Gasteiger partial charge in [0.15, 0.2) is 0 Å². The lowest BCUT2D eigenvalue weighted by Gasteiger charge is -2.34. The van der Waals surface area contributed by atoms with Crippen molar-refractivity contribution in [2.75, 3.05) is 13.1 Å². The Morgan fingerprint density at radius 3 is 2.47 bits per heavy atom. The second-order valence-corrected chi connectivity index (χ2v) is 5.63. The van der Waals surface area contributed by atoms with Gasteiger partial charge in [0.2, 0.25) is 0 Å². The summed E-state index contributed by atoms with van der Waals surface area (Å²) >= 11 is 0. The summed E-state index contributed by atoms with van der Waals surface area (Å²) in [4.78, 5) is 13.8. The Morgan fingerprint density at radius 1 is 1.29 bits per heavy atom. The van der Waals surface area contributed by atoms with E-state index in [2.05, 4.69) is 25.7 Å². The Balaban J connectivity index is 2.75. The second kappa shape index (κ2) is 7.00. The van der Waals surface area contributed by atoms with E-state index in [1.165, 1.54) is 12.8 Å². The molecule has 3 heteroatoms. The molecule has 0 aromatic carbocycles. The first-order valence-corrected chi connectivity index (χ1v) is 7.03. The molecule has 1 N–H and O–H groups in total. The number of nitrogens with zero attached hydrogens (tertiary/aromatic N) is 1. The lowest BCUT2D eigenvalue weighted by molar-refractivity contribution is -0.144. The third-order valence-electron chi connectivity index (χ3n) is 3.77. The van der Waals surface area contributed by atoms with Crippen LogP contribution in [0.5, 0.6) is 0 Å². The number of carbonyl (C=O) groups is 1. The maximum atomic E-state index is 11.4. The third-order valence-corrected chi connectivity index (χ3v) is 3.77. The fraction of sp³-hybridized carbons (Fsp3) is 0.929. The summed E-state index contributed by atoms with van der Waals surface area (Å²) in [6.07, 6.45) is 5.36. The molecule has 1 rings (SSSR count). The van der Waals surface area contributed by atoms with Crippen molar-refractivity contribution in [3.05, 3.63) is 0 Å². The number of rotatable bonds is 5. The molecule has 17 heavy (non-hydrogen) atoms. The van der Waals surface area contributed by atoms with Crippen LogP contribution in [0.4, 0.5) is 0 Å². The van der Waals surface area contributed by atoms with Crippen LogP contribution in [-0.2, 0) is 4.79 Å². The predicted octanol–water partition coefficient (Wildman–Crippen LogP) is 3.00. The highest BCUT2D eigenvalue weighted by molar-refractivity contribution is 5.70. The van der Waals surface area contributed by atoms with Crippen LogP contribution < -0.4 is 0 Å². The van der Waals surface area contributed by atoms with Crippen LogP contribution in [0.2, 0.25) is 0 Å². The first-order valence-electron chi connectivity index (χ1n) is 7.03. The average Bonchev–Trinajstić information content (AvgIpc) is 2.50. The molecule has 0 aromatic rings. The van der Waals surface area contributed by atoms with Gasteiger partial charge in [-0.3, -0.25) is 9.69 Å². The van der Waals surface area contributed by atoms with Crippen molar-refractivity contribution in [1.29, 1.82) is 0 Å². The zero-order valence-electron chi connectivity index (χ0n) is 11.5. The lowest BCUT2D eigenvalue weighted by atomic mass is 9.92. The summed E-state index contributed by atoms with van der Waals surface area (Å²) in [5.74, 6) is -0.150. The minimum atomic E-state index is -0.598. The fourth-order valence-electron chi connectivity index (χ4n) is 2.98. The molecule has 3 nitrogen and oxygen atoms in total. The topological polar surface area (TPSA) is 40.5 Å². The molecule has 100 valence electrons. The first-order chi connectivity index (χ1) is 8.06. The molecule has 0 saturated heterocycles. The van der Waals surface area contributed by atoms with Crippen molar-refractivity contribution in [1.82, 2.24) is 4.90 Å². The fourth-order valence-corrected chi connectivity index (χ4v) is 2.98. The molecule has 1 fully saturated rings. The number of hydrogen-bond donors (Lipinski definition) is 1. The summed E-state index contributed by atoms with van der Waals surface area (Å²) in [5, 5.41) is 9.39. The minimum Gasteiger partial charge on any atom is -0.481 e. The Hall–Kier alpha value is -0.570. The molecule has 1 saturated carbocycles. The average molecular weight is 241 g/mol. The van der Waals surface area contributed by atoms with Crippen molar-refractivity contribution < 1.29 is 9.90 Å². The van der Waals surface area contributed by atoms with Gasteiger partial charge in [-0.15, -0.1) is 0 Å². The van der Waals surface area contributed by atoms with E-state index in [0.29, 0.717) is 5.92 Å². The van der Waals surface area contributed by atoms with Gasteiger partial charge in [-0.25, -0.2) is 0 Å². The molecule has 0 radical (unpaired) electrons. The zero-order valence-corrected chi connectivity index (χ0v) is 11.5. The molecular formula is C14H27NO2. The van der Waals surface area contributed by atoms with Gasteiger partial charge in [0, 0.05) is 12.6 Å². The Bertz CT molecular complexity index is 240. The smallest absolute Gasteiger partial charge is 0.308 e. The number of carboxylic acid groups (broad SMARTS) is 1. The number of aliphatic carboxylic acids is 1. The maximum absolute atomic E-state index is 11.4. The summed E-state index contributed by atoms with van der Waals surface area (Å²) in [7, 11) is 0. The van der Waals surface area contributed by atoms with Crippen LogP contribution in [0.15, 0.2) is 0 Å². The quantitative estimate of drug-likeness (QED) is 0.752. The van der Waals surface area contributed by atoms with Crippen LogP contribution in [0, 0.1) is 11.8 Å². The normalized spacial score (nSPS) is 26.2. The Kier molecular flexibility index (Phi) is 5.96. The highest BCUT2D eigenvalue weighted by Gasteiger charge is 2.33. The van der Waals surface area contributed by atoms with Gasteiger partial charge in [0.05, 0.1) is 5.92 Å². The van der Waals surface area contributed by atoms with E-state index >= 15 is 0 Å². The third kappa shape index (κ3) is 4.30. The van der Waals surface area contributed by atoms with Gasteiger partial charge in [0.1, 0.15) is 0 Å². The van der Waals surface area contributed by atoms with Crippen LogP contribution in [0.1, 0.15) is 52.9 Å². The van der Waals surface area contributed by atoms with Crippen molar-refractivity contribution in [2.24, 2.45) is 11.8 Å². The minimum absolute atomic E-state index is 0.156. The molecule has 0 aliphatic heterocycles. The molecule has 2 atom stereocenters. The van der Waals surface area contributed by atoms with Crippen molar-refractivity contribution in [3.63, 3.8) is 0 Å². The molecule has 0 amide bonds. The van der Waals surface area contributed by atoms with Gasteiger partial charge in [-0.05, 0) is 25.3 Å². The SMILES string of the molecule is CCN(CC(C)C)C1CCCCCC1C(=O)O. The lowest BCUT2D eigenvalue weighted by Crippen LogP contribution is -2.44. The highest BCUT2D eigenvalue weighted by Crippen LogP contribution is 2.28. The van der Waals surface area contributed by atoms with E-state index in [1.54, 1.807) is 0 Å². The van der Waals surface area contributed by atoms with Gasteiger partial charge >= 0.3 is 5.97 Å². The van der Waals surface area contributed by atoms with Crippen molar-refractivity contribution >= 4 is 5.97 Å². The van der Waals surface area contributed by atoms with Crippen LogP contribution >= 0.6 is 0 Å². The van der Waals surface area contributed by atoms with Crippen LogP contribution in [0.3, 0.4) is 0 Å². The molecule has 1 aliphatic carbocycles. The van der Waals surface area contributed by atoms with E-state index in [-0.39, 0.29) is 12.0 Å². The monoisotopic (exact) mass is 241 g/mol. The molecular weight excluding hydrogens is 214 g/mol. The van der Waals surface area contributed by atoms with E-state index in [0.717, 1.165) is 32.4 Å². The van der Waals surface area contributed by atoms with Crippen molar-refractivity contribution in [3.8, 4) is 0 Å². The summed E-state index contributed by atoms with van der Waals surface area (Å²) in [5.41, 5.74) is 0. The summed E-state index contributed by atoms with van der Waals surface area (Å²) in [6.45, 7) is 8.54. The van der Waals surface area contributed by atoms with Crippen molar-refractivity contribution in [2.45, 2.75) is 58.9 Å². The van der Waals surface area contributed by atoms with E-state index < -0.39 is 5.97 Å². The van der Waals surface area contributed by atoms with E-state index in [4.69, 9.17) is 0 Å². The van der Waals surface area contributed by atoms with E-state index in [1.807, 2.05) is 0 Å². The Morgan fingerprint density at radius 2 is 1.94 bits per heavy atom. The maximum Gasteiger partial charge on any atom is 0.308 e. The van der Waals surface area contributed by atoms with Gasteiger partial charge < -0.3 is 5.11 Å². The molecule has 0 heterocycles. The molecule has 2 unspecified atom stereocenters. The largest absolute Gasteiger partial charge is 0.481 e. The van der Waals surface area contributed by atoms with E-state index in [9.17, 15) is 9.90 Å². The molecule has 0 spiro atoms. The Labute approximate surface area is 105 Å². The van der Waals surface area contributed by atoms with Gasteiger partial charge in [0.25, 0.3) is 0 Å². The number of carboxylic acids is 1. The first kappa shape index (κ1) is 14.5. The molecule has 0 aromatic heterocycles. The zero-order chi connectivity index (χ0) is 12.8.